The molecule has 2 N–H and O–H groups in total. The van der Waals surface area contributed by atoms with Gasteiger partial charge in [-0.25, -0.2) is 5.43 Å². The van der Waals surface area contributed by atoms with Crippen LogP contribution in [0, 0.1) is 3.57 Å². The first kappa shape index (κ1) is 15.3. The average molecular weight is 396 g/mol. The molecule has 0 fully saturated rings. The van der Waals surface area contributed by atoms with E-state index in [0.717, 1.165) is 14.9 Å². The van der Waals surface area contributed by atoms with E-state index in [4.69, 9.17) is 9.84 Å². The van der Waals surface area contributed by atoms with Gasteiger partial charge in [0.15, 0.2) is 0 Å². The summed E-state index contributed by atoms with van der Waals surface area (Å²) in [5.41, 5.74) is 3.73. The van der Waals surface area contributed by atoms with E-state index in [1.54, 1.807) is 49.6 Å². The van der Waals surface area contributed by atoms with Crippen LogP contribution in [0.2, 0.25) is 0 Å². The molecular formula is C15H13IN2O3. The minimum Gasteiger partial charge on any atom is -0.508 e. The summed E-state index contributed by atoms with van der Waals surface area (Å²) in [5, 5.41) is 13.0. The fourth-order valence-corrected chi connectivity index (χ4v) is 2.33. The van der Waals surface area contributed by atoms with Crippen LogP contribution < -0.4 is 10.2 Å². The van der Waals surface area contributed by atoms with Gasteiger partial charge in [-0.05, 0) is 70.6 Å². The van der Waals surface area contributed by atoms with Crippen LogP contribution >= 0.6 is 22.6 Å². The molecule has 0 heterocycles. The number of amides is 1. The van der Waals surface area contributed by atoms with E-state index in [1.165, 1.54) is 6.21 Å². The van der Waals surface area contributed by atoms with Crippen molar-refractivity contribution in [3.63, 3.8) is 0 Å². The summed E-state index contributed by atoms with van der Waals surface area (Å²) in [6, 6.07) is 11.6. The molecule has 1 amide bonds. The normalized spacial score (nSPS) is 10.6. The van der Waals surface area contributed by atoms with Gasteiger partial charge in [0.05, 0.1) is 16.9 Å². The number of halogens is 1. The number of carbonyl (C=O) groups is 1. The molecule has 0 spiro atoms. The van der Waals surface area contributed by atoms with Crippen molar-refractivity contribution in [2.45, 2.75) is 0 Å². The van der Waals surface area contributed by atoms with Crippen LogP contribution in [-0.2, 0) is 0 Å². The molecule has 0 aliphatic carbocycles. The highest BCUT2D eigenvalue weighted by atomic mass is 127. The van der Waals surface area contributed by atoms with Gasteiger partial charge in [0.2, 0.25) is 0 Å². The number of hydrogen-bond donors (Lipinski definition) is 2. The van der Waals surface area contributed by atoms with E-state index in [1.807, 2.05) is 0 Å². The Kier molecular flexibility index (Phi) is 5.15. The second-order valence-corrected chi connectivity index (χ2v) is 5.30. The van der Waals surface area contributed by atoms with Crippen molar-refractivity contribution in [1.82, 2.24) is 5.43 Å². The number of rotatable bonds is 4. The van der Waals surface area contributed by atoms with Gasteiger partial charge in [-0.15, -0.1) is 0 Å². The van der Waals surface area contributed by atoms with Gasteiger partial charge >= 0.3 is 0 Å². The fraction of sp³-hybridized carbons (Fsp3) is 0.0667. The first-order valence-corrected chi connectivity index (χ1v) is 7.14. The van der Waals surface area contributed by atoms with Gasteiger partial charge < -0.3 is 9.84 Å². The molecular weight excluding hydrogens is 383 g/mol. The summed E-state index contributed by atoms with van der Waals surface area (Å²) in [6.45, 7) is 0. The van der Waals surface area contributed by atoms with Crippen molar-refractivity contribution in [3.05, 3.63) is 57.2 Å². The number of hydrogen-bond acceptors (Lipinski definition) is 4. The van der Waals surface area contributed by atoms with Crippen LogP contribution in [0.4, 0.5) is 0 Å². The topological polar surface area (TPSA) is 70.9 Å². The number of hydrazone groups is 1. The first-order valence-electron chi connectivity index (χ1n) is 6.06. The summed E-state index contributed by atoms with van der Waals surface area (Å²) in [5.74, 6) is 0.606. The monoisotopic (exact) mass is 396 g/mol. The molecule has 0 atom stereocenters. The molecule has 0 saturated heterocycles. The third kappa shape index (κ3) is 4.19. The summed E-state index contributed by atoms with van der Waals surface area (Å²) >= 11 is 2.10. The highest BCUT2D eigenvalue weighted by Crippen LogP contribution is 2.21. The van der Waals surface area contributed by atoms with Crippen LogP contribution in [0.1, 0.15) is 15.9 Å². The van der Waals surface area contributed by atoms with E-state index in [9.17, 15) is 4.79 Å². The van der Waals surface area contributed by atoms with Crippen molar-refractivity contribution in [2.75, 3.05) is 7.11 Å². The van der Waals surface area contributed by atoms with Gasteiger partial charge in [-0.1, -0.05) is 0 Å². The number of benzene rings is 2. The third-order valence-corrected chi connectivity index (χ3v) is 3.53. The molecule has 21 heavy (non-hydrogen) atoms. The minimum atomic E-state index is -0.300. The predicted molar refractivity (Wildman–Crippen MR) is 88.9 cm³/mol. The van der Waals surface area contributed by atoms with E-state index in [0.29, 0.717) is 5.56 Å². The molecule has 0 unspecified atom stereocenters. The molecule has 2 rings (SSSR count). The number of carbonyl (C=O) groups excluding carboxylic acids is 1. The van der Waals surface area contributed by atoms with Crippen molar-refractivity contribution in [2.24, 2.45) is 5.10 Å². The zero-order valence-corrected chi connectivity index (χ0v) is 13.4. The Bertz CT molecular complexity index is 669. The molecule has 5 nitrogen and oxygen atoms in total. The molecule has 6 heteroatoms. The lowest BCUT2D eigenvalue weighted by atomic mass is 10.2. The Morgan fingerprint density at radius 3 is 2.62 bits per heavy atom. The largest absolute Gasteiger partial charge is 0.508 e. The van der Waals surface area contributed by atoms with E-state index in [-0.39, 0.29) is 11.7 Å². The molecule has 2 aromatic carbocycles. The maximum Gasteiger partial charge on any atom is 0.271 e. The molecule has 0 radical (unpaired) electrons. The molecule has 0 bridgehead atoms. The van der Waals surface area contributed by atoms with Gasteiger partial charge in [0, 0.05) is 5.56 Å². The Labute approximate surface area is 135 Å². The van der Waals surface area contributed by atoms with Gasteiger partial charge in [-0.3, -0.25) is 4.79 Å². The summed E-state index contributed by atoms with van der Waals surface area (Å²) in [6.07, 6.45) is 1.51. The average Bonchev–Trinajstić information content (AvgIpc) is 2.49. The SMILES string of the molecule is COc1ccc(C(=O)N/N=C/c2ccc(O)cc2)cc1I. The van der Waals surface area contributed by atoms with Crippen molar-refractivity contribution in [3.8, 4) is 11.5 Å². The quantitative estimate of drug-likeness (QED) is 0.475. The van der Waals surface area contributed by atoms with Crippen molar-refractivity contribution >= 4 is 34.7 Å². The highest BCUT2D eigenvalue weighted by Gasteiger charge is 2.07. The third-order valence-electron chi connectivity index (χ3n) is 2.69. The maximum atomic E-state index is 11.9. The van der Waals surface area contributed by atoms with E-state index >= 15 is 0 Å². The maximum absolute atomic E-state index is 11.9. The molecule has 0 saturated carbocycles. The van der Waals surface area contributed by atoms with Gasteiger partial charge in [0.1, 0.15) is 11.5 Å². The van der Waals surface area contributed by atoms with Crippen LogP contribution in [0.3, 0.4) is 0 Å². The number of methoxy groups -OCH3 is 1. The second kappa shape index (κ2) is 7.07. The van der Waals surface area contributed by atoms with Crippen LogP contribution in [-0.4, -0.2) is 24.3 Å². The number of nitrogens with zero attached hydrogens (tertiary/aromatic N) is 1. The standard InChI is InChI=1S/C15H13IN2O3/c1-21-14-7-4-11(8-13(14)16)15(20)18-17-9-10-2-5-12(19)6-3-10/h2-9,19H,1H3,(H,18,20)/b17-9+. The van der Waals surface area contributed by atoms with Gasteiger partial charge in [-0.2, -0.15) is 5.10 Å². The van der Waals surface area contributed by atoms with Gasteiger partial charge in [0.25, 0.3) is 5.91 Å². The van der Waals surface area contributed by atoms with Crippen LogP contribution in [0.25, 0.3) is 0 Å². The first-order chi connectivity index (χ1) is 10.1. The lowest BCUT2D eigenvalue weighted by Gasteiger charge is -2.05. The van der Waals surface area contributed by atoms with Crippen molar-refractivity contribution in [1.29, 1.82) is 0 Å². The number of phenols is 1. The Hall–Kier alpha value is -2.09. The summed E-state index contributed by atoms with van der Waals surface area (Å²) in [7, 11) is 1.58. The molecule has 0 aliphatic heterocycles. The van der Waals surface area contributed by atoms with Crippen LogP contribution in [0.15, 0.2) is 47.6 Å². The van der Waals surface area contributed by atoms with Crippen LogP contribution in [0.5, 0.6) is 11.5 Å². The Balaban J connectivity index is 2.01. The van der Waals surface area contributed by atoms with Crippen molar-refractivity contribution < 1.29 is 14.6 Å². The Morgan fingerprint density at radius 1 is 1.29 bits per heavy atom. The second-order valence-electron chi connectivity index (χ2n) is 4.14. The zero-order chi connectivity index (χ0) is 15.2. The molecule has 0 aromatic heterocycles. The number of aromatic hydroxyl groups is 1. The summed E-state index contributed by atoms with van der Waals surface area (Å²) < 4.78 is 5.99. The number of nitrogens with one attached hydrogen (secondary N) is 1. The lowest BCUT2D eigenvalue weighted by molar-refractivity contribution is 0.0955. The lowest BCUT2D eigenvalue weighted by Crippen LogP contribution is -2.17. The minimum absolute atomic E-state index is 0.184. The number of phenolic OH excluding ortho intramolecular Hbond substituents is 1. The highest BCUT2D eigenvalue weighted by molar-refractivity contribution is 14.1. The molecule has 0 aliphatic rings. The smallest absolute Gasteiger partial charge is 0.271 e. The van der Waals surface area contributed by atoms with E-state index < -0.39 is 0 Å². The summed E-state index contributed by atoms with van der Waals surface area (Å²) in [4.78, 5) is 11.9. The molecule has 2 aromatic rings. The number of ether oxygens (including phenoxy) is 1. The van der Waals surface area contributed by atoms with E-state index in [2.05, 4.69) is 33.1 Å². The fourth-order valence-electron chi connectivity index (χ4n) is 1.60. The Morgan fingerprint density at radius 2 is 2.00 bits per heavy atom. The molecule has 108 valence electrons. The predicted octanol–water partition coefficient (Wildman–Crippen LogP) is 2.77. The zero-order valence-electron chi connectivity index (χ0n) is 11.2.